The van der Waals surface area contributed by atoms with Gasteiger partial charge in [0.1, 0.15) is 5.78 Å². The monoisotopic (exact) mass is 260 g/mol. The topological polar surface area (TPSA) is 17.1 Å². The molecule has 1 atom stereocenters. The van der Waals surface area contributed by atoms with Gasteiger partial charge in [0.05, 0.1) is 0 Å². The van der Waals surface area contributed by atoms with Crippen LogP contribution in [0.5, 0.6) is 0 Å². The lowest BCUT2D eigenvalue weighted by molar-refractivity contribution is -0.119. The van der Waals surface area contributed by atoms with Gasteiger partial charge in [-0.1, -0.05) is 62.0 Å². The summed E-state index contributed by atoms with van der Waals surface area (Å²) in [5.74, 6) is 0.893. The Balaban J connectivity index is 3.79. The number of hydrogen-bond donors (Lipinski definition) is 0. The third-order valence-electron chi connectivity index (χ3n) is 2.45. The van der Waals surface area contributed by atoms with Crippen LogP contribution in [0.3, 0.4) is 0 Å². The molecule has 0 aliphatic carbocycles. The summed E-state index contributed by atoms with van der Waals surface area (Å²) in [5, 5.41) is 0. The number of halogens is 1. The standard InChI is InChI=1S/C12H21BrO/c1-4-6-7-11(5-2)9-12(14)8-10(3)13/h11H,3-9H2,1-2H3. The zero-order valence-corrected chi connectivity index (χ0v) is 10.9. The van der Waals surface area contributed by atoms with Crippen molar-refractivity contribution < 1.29 is 4.79 Å². The van der Waals surface area contributed by atoms with E-state index >= 15 is 0 Å². The first-order chi connectivity index (χ1) is 6.60. The molecule has 0 heterocycles. The molecule has 82 valence electrons. The van der Waals surface area contributed by atoms with E-state index in [-0.39, 0.29) is 0 Å². The predicted octanol–water partition coefficient (Wildman–Crippen LogP) is 4.46. The highest BCUT2D eigenvalue weighted by atomic mass is 79.9. The average Bonchev–Trinajstić information content (AvgIpc) is 2.10. The van der Waals surface area contributed by atoms with Crippen molar-refractivity contribution in [2.45, 2.75) is 52.4 Å². The van der Waals surface area contributed by atoms with Crippen molar-refractivity contribution >= 4 is 21.7 Å². The minimum absolute atomic E-state index is 0.315. The predicted molar refractivity (Wildman–Crippen MR) is 65.6 cm³/mol. The molecule has 0 saturated heterocycles. The molecule has 0 aromatic carbocycles. The van der Waals surface area contributed by atoms with Gasteiger partial charge >= 0.3 is 0 Å². The molecule has 0 aliphatic rings. The first-order valence-electron chi connectivity index (χ1n) is 5.45. The van der Waals surface area contributed by atoms with Crippen LogP contribution in [0.1, 0.15) is 52.4 Å². The molecule has 1 unspecified atom stereocenters. The van der Waals surface area contributed by atoms with E-state index in [2.05, 4.69) is 36.4 Å². The second-order valence-electron chi connectivity index (χ2n) is 3.85. The van der Waals surface area contributed by atoms with Crippen LogP contribution in [0.4, 0.5) is 0 Å². The van der Waals surface area contributed by atoms with Crippen LogP contribution in [0.15, 0.2) is 11.1 Å². The summed E-state index contributed by atoms with van der Waals surface area (Å²) in [4.78, 5) is 11.5. The molecule has 0 N–H and O–H groups in total. The Morgan fingerprint density at radius 1 is 1.43 bits per heavy atom. The summed E-state index contributed by atoms with van der Waals surface area (Å²) in [5.41, 5.74) is 0. The molecule has 0 aromatic rings. The van der Waals surface area contributed by atoms with Gasteiger partial charge in [-0.3, -0.25) is 4.79 Å². The zero-order valence-electron chi connectivity index (χ0n) is 9.31. The number of unbranched alkanes of at least 4 members (excludes halogenated alkanes) is 1. The fraction of sp³-hybridized carbons (Fsp3) is 0.750. The van der Waals surface area contributed by atoms with E-state index in [1.54, 1.807) is 0 Å². The van der Waals surface area contributed by atoms with Crippen molar-refractivity contribution in [1.82, 2.24) is 0 Å². The highest BCUT2D eigenvalue weighted by Crippen LogP contribution is 2.19. The van der Waals surface area contributed by atoms with Crippen LogP contribution in [-0.2, 0) is 4.79 Å². The number of carbonyl (C=O) groups is 1. The molecular weight excluding hydrogens is 240 g/mol. The Morgan fingerprint density at radius 3 is 2.50 bits per heavy atom. The molecule has 2 heteroatoms. The van der Waals surface area contributed by atoms with Gasteiger partial charge in [-0.25, -0.2) is 0 Å². The molecule has 0 spiro atoms. The Labute approximate surface area is 96.1 Å². The van der Waals surface area contributed by atoms with Crippen LogP contribution in [0.2, 0.25) is 0 Å². The van der Waals surface area contributed by atoms with E-state index in [0.717, 1.165) is 17.3 Å². The van der Waals surface area contributed by atoms with Gasteiger partial charge < -0.3 is 0 Å². The summed E-state index contributed by atoms with van der Waals surface area (Å²) in [6.45, 7) is 8.04. The van der Waals surface area contributed by atoms with Crippen LogP contribution in [0.25, 0.3) is 0 Å². The van der Waals surface area contributed by atoms with E-state index in [4.69, 9.17) is 0 Å². The van der Waals surface area contributed by atoms with Crippen LogP contribution < -0.4 is 0 Å². The first kappa shape index (κ1) is 13.9. The summed E-state index contributed by atoms with van der Waals surface area (Å²) in [7, 11) is 0. The highest BCUT2D eigenvalue weighted by Gasteiger charge is 2.11. The van der Waals surface area contributed by atoms with Gasteiger partial charge in [0.15, 0.2) is 0 Å². The van der Waals surface area contributed by atoms with Crippen molar-refractivity contribution in [3.8, 4) is 0 Å². The lowest BCUT2D eigenvalue weighted by Gasteiger charge is -2.12. The van der Waals surface area contributed by atoms with Crippen molar-refractivity contribution in [3.63, 3.8) is 0 Å². The Kier molecular flexibility index (Phi) is 8.15. The van der Waals surface area contributed by atoms with E-state index in [9.17, 15) is 4.79 Å². The van der Waals surface area contributed by atoms with Gasteiger partial charge in [0.25, 0.3) is 0 Å². The second kappa shape index (κ2) is 8.22. The van der Waals surface area contributed by atoms with Crippen molar-refractivity contribution in [1.29, 1.82) is 0 Å². The largest absolute Gasteiger partial charge is 0.299 e. The Bertz CT molecular complexity index is 187. The first-order valence-corrected chi connectivity index (χ1v) is 6.24. The maximum absolute atomic E-state index is 11.5. The molecule has 0 saturated carbocycles. The number of rotatable bonds is 8. The summed E-state index contributed by atoms with van der Waals surface area (Å²) < 4.78 is 0.799. The molecule has 0 bridgehead atoms. The number of Topliss-reactive ketones (excluding diaryl/α,β-unsaturated/α-hetero) is 1. The molecule has 0 aromatic heterocycles. The van der Waals surface area contributed by atoms with Gasteiger partial charge in [0, 0.05) is 12.8 Å². The Hall–Kier alpha value is -0.110. The minimum atomic E-state index is 0.315. The van der Waals surface area contributed by atoms with Crippen LogP contribution in [-0.4, -0.2) is 5.78 Å². The van der Waals surface area contributed by atoms with Gasteiger partial charge in [-0.15, -0.1) is 0 Å². The fourth-order valence-corrected chi connectivity index (χ4v) is 1.86. The summed E-state index contributed by atoms with van der Waals surface area (Å²) >= 11 is 3.22. The fourth-order valence-electron chi connectivity index (χ4n) is 1.55. The molecule has 0 amide bonds. The minimum Gasteiger partial charge on any atom is -0.299 e. The molecule has 0 fully saturated rings. The normalized spacial score (nSPS) is 12.5. The SMILES string of the molecule is C=C(Br)CC(=O)CC(CC)CCCC. The smallest absolute Gasteiger partial charge is 0.138 e. The molecule has 1 nitrogen and oxygen atoms in total. The van der Waals surface area contributed by atoms with Crippen LogP contribution >= 0.6 is 15.9 Å². The van der Waals surface area contributed by atoms with Crippen LogP contribution in [0, 0.1) is 5.92 Å². The summed E-state index contributed by atoms with van der Waals surface area (Å²) in [6, 6.07) is 0. The summed E-state index contributed by atoms with van der Waals surface area (Å²) in [6.07, 6.45) is 5.97. The lowest BCUT2D eigenvalue weighted by atomic mass is 9.93. The van der Waals surface area contributed by atoms with E-state index in [1.165, 1.54) is 19.3 Å². The molecule has 14 heavy (non-hydrogen) atoms. The number of carbonyl (C=O) groups excluding carboxylic acids is 1. The molecule has 0 rings (SSSR count). The second-order valence-corrected chi connectivity index (χ2v) is 4.97. The third kappa shape index (κ3) is 7.31. The Morgan fingerprint density at radius 2 is 2.07 bits per heavy atom. The van der Waals surface area contributed by atoms with Gasteiger partial charge in [0.2, 0.25) is 0 Å². The lowest BCUT2D eigenvalue weighted by Crippen LogP contribution is -2.07. The van der Waals surface area contributed by atoms with E-state index < -0.39 is 0 Å². The number of allylic oxidation sites excluding steroid dienone is 1. The third-order valence-corrected chi connectivity index (χ3v) is 2.73. The zero-order chi connectivity index (χ0) is 11.0. The van der Waals surface area contributed by atoms with Crippen molar-refractivity contribution in [2.24, 2.45) is 5.92 Å². The van der Waals surface area contributed by atoms with E-state index in [0.29, 0.717) is 18.1 Å². The molecule has 0 aliphatic heterocycles. The molecular formula is C12H21BrO. The molecule has 0 radical (unpaired) electrons. The van der Waals surface area contributed by atoms with Crippen molar-refractivity contribution in [2.75, 3.05) is 0 Å². The van der Waals surface area contributed by atoms with Gasteiger partial charge in [-0.05, 0) is 10.4 Å². The number of hydrogen-bond acceptors (Lipinski definition) is 1. The van der Waals surface area contributed by atoms with E-state index in [1.807, 2.05) is 0 Å². The highest BCUT2D eigenvalue weighted by molar-refractivity contribution is 9.11. The van der Waals surface area contributed by atoms with Gasteiger partial charge in [-0.2, -0.15) is 0 Å². The maximum atomic E-state index is 11.5. The number of ketones is 1. The maximum Gasteiger partial charge on any atom is 0.138 e. The average molecular weight is 261 g/mol. The van der Waals surface area contributed by atoms with Crippen molar-refractivity contribution in [3.05, 3.63) is 11.1 Å². The quantitative estimate of drug-likeness (QED) is 0.630.